The molecule has 0 spiro atoms. The van der Waals surface area contributed by atoms with Gasteiger partial charge in [0.25, 0.3) is 0 Å². The first-order valence-electron chi connectivity index (χ1n) is 9.91. The number of hydrogen-bond acceptors (Lipinski definition) is 7. The summed E-state index contributed by atoms with van der Waals surface area (Å²) in [6.45, 7) is 3.78. The van der Waals surface area contributed by atoms with Gasteiger partial charge in [-0.2, -0.15) is 16.5 Å². The summed E-state index contributed by atoms with van der Waals surface area (Å²) in [6, 6.07) is 7.50. The molecule has 0 aliphatic heterocycles. The van der Waals surface area contributed by atoms with Gasteiger partial charge in [0.15, 0.2) is 0 Å². The van der Waals surface area contributed by atoms with Gasteiger partial charge in [-0.3, -0.25) is 9.78 Å². The fourth-order valence-corrected chi connectivity index (χ4v) is 4.88. The van der Waals surface area contributed by atoms with Crippen LogP contribution in [-0.2, 0) is 26.0 Å². The summed E-state index contributed by atoms with van der Waals surface area (Å²) < 4.78 is 33.1. The van der Waals surface area contributed by atoms with Crippen molar-refractivity contribution in [3.8, 4) is 0 Å². The van der Waals surface area contributed by atoms with Gasteiger partial charge in [-0.15, -0.1) is 0 Å². The molecule has 8 nitrogen and oxygen atoms in total. The molecular weight excluding hydrogens is 436 g/mol. The van der Waals surface area contributed by atoms with E-state index in [2.05, 4.69) is 19.7 Å². The molecule has 0 aliphatic carbocycles. The Balaban J connectivity index is 1.76. The van der Waals surface area contributed by atoms with Gasteiger partial charge in [0.1, 0.15) is 11.9 Å². The number of imidazole rings is 1. The summed E-state index contributed by atoms with van der Waals surface area (Å²) in [5.41, 5.74) is 3.48. The monoisotopic (exact) mass is 462 g/mol. The van der Waals surface area contributed by atoms with Crippen molar-refractivity contribution in [3.63, 3.8) is 0 Å². The van der Waals surface area contributed by atoms with Crippen LogP contribution < -0.4 is 4.72 Å². The van der Waals surface area contributed by atoms with Crippen LogP contribution in [0.2, 0.25) is 0 Å². The normalized spacial score (nSPS) is 12.7. The highest BCUT2D eigenvalue weighted by molar-refractivity contribution is 7.98. The van der Waals surface area contributed by atoms with Gasteiger partial charge in [0.2, 0.25) is 10.0 Å². The van der Waals surface area contributed by atoms with Gasteiger partial charge in [-0.25, -0.2) is 13.4 Å². The molecular formula is C21H26N4O4S2. The van der Waals surface area contributed by atoms with Crippen molar-refractivity contribution in [2.24, 2.45) is 0 Å². The number of H-pyrrole nitrogens is 1. The maximum atomic E-state index is 12.8. The predicted molar refractivity (Wildman–Crippen MR) is 122 cm³/mol. The highest BCUT2D eigenvalue weighted by atomic mass is 32.2. The summed E-state index contributed by atoms with van der Waals surface area (Å²) in [5.74, 6) is 0.886. The molecule has 0 saturated heterocycles. The number of thioether (sulfide) groups is 1. The van der Waals surface area contributed by atoms with Crippen LogP contribution >= 0.6 is 11.8 Å². The van der Waals surface area contributed by atoms with Crippen LogP contribution in [0.5, 0.6) is 0 Å². The number of fused-ring (bicyclic) bond motifs is 1. The number of benzene rings is 1. The van der Waals surface area contributed by atoms with Gasteiger partial charge < -0.3 is 9.72 Å². The van der Waals surface area contributed by atoms with Crippen LogP contribution in [0.25, 0.3) is 11.0 Å². The molecule has 31 heavy (non-hydrogen) atoms. The van der Waals surface area contributed by atoms with Crippen LogP contribution in [0.4, 0.5) is 0 Å². The molecule has 2 N–H and O–H groups in total. The van der Waals surface area contributed by atoms with Crippen molar-refractivity contribution >= 4 is 38.8 Å². The smallest absolute Gasteiger partial charge is 0.324 e. The van der Waals surface area contributed by atoms with Crippen molar-refractivity contribution in [3.05, 3.63) is 53.6 Å². The second-order valence-corrected chi connectivity index (χ2v) is 9.70. The summed E-state index contributed by atoms with van der Waals surface area (Å²) in [7, 11) is -3.87. The van der Waals surface area contributed by atoms with E-state index in [9.17, 15) is 13.2 Å². The average molecular weight is 463 g/mol. The average Bonchev–Trinajstić information content (AvgIpc) is 3.13. The zero-order chi connectivity index (χ0) is 22.4. The van der Waals surface area contributed by atoms with E-state index in [1.54, 1.807) is 25.3 Å². The fourth-order valence-electron chi connectivity index (χ4n) is 3.19. The van der Waals surface area contributed by atoms with E-state index in [0.29, 0.717) is 18.6 Å². The van der Waals surface area contributed by atoms with Crippen LogP contribution in [0, 0.1) is 6.92 Å². The number of nitrogens with zero attached hydrogens (tertiary/aromatic N) is 2. The van der Waals surface area contributed by atoms with Crippen LogP contribution in [0.15, 0.2) is 41.4 Å². The fraction of sp³-hybridized carbons (Fsp3) is 0.381. The largest absolute Gasteiger partial charge is 0.465 e. The number of sulfonamides is 1. The predicted octanol–water partition coefficient (Wildman–Crippen LogP) is 2.82. The molecule has 1 atom stereocenters. The molecule has 0 unspecified atom stereocenters. The lowest BCUT2D eigenvalue weighted by Gasteiger charge is -2.17. The lowest BCUT2D eigenvalue weighted by molar-refractivity contribution is -0.145. The van der Waals surface area contributed by atoms with Crippen LogP contribution in [0.3, 0.4) is 0 Å². The molecule has 0 saturated carbocycles. The lowest BCUT2D eigenvalue weighted by Crippen LogP contribution is -2.42. The second-order valence-electron chi connectivity index (χ2n) is 7.00. The number of carbonyl (C=O) groups excluding carboxylic acids is 1. The maximum Gasteiger partial charge on any atom is 0.324 e. The Morgan fingerprint density at radius 3 is 2.68 bits per heavy atom. The Labute approximate surface area is 186 Å². The van der Waals surface area contributed by atoms with Gasteiger partial charge >= 0.3 is 5.97 Å². The number of carbonyl (C=O) groups is 1. The number of aromatic amines is 1. The van der Waals surface area contributed by atoms with E-state index >= 15 is 0 Å². The second kappa shape index (κ2) is 10.3. The number of aryl methyl sites for hydroxylation is 1. The van der Waals surface area contributed by atoms with Crippen molar-refractivity contribution in [1.82, 2.24) is 19.7 Å². The Kier molecular flexibility index (Phi) is 7.69. The van der Waals surface area contributed by atoms with Gasteiger partial charge in [-0.1, -0.05) is 12.1 Å². The van der Waals surface area contributed by atoms with Gasteiger partial charge in [-0.05, 0) is 56.0 Å². The van der Waals surface area contributed by atoms with Gasteiger partial charge in [0, 0.05) is 12.6 Å². The summed E-state index contributed by atoms with van der Waals surface area (Å²) in [6.07, 6.45) is 4.50. The van der Waals surface area contributed by atoms with E-state index in [1.165, 1.54) is 23.9 Å². The molecule has 3 aromatic rings. The maximum absolute atomic E-state index is 12.8. The molecule has 0 aliphatic rings. The Morgan fingerprint density at radius 1 is 1.26 bits per heavy atom. The van der Waals surface area contributed by atoms with Crippen LogP contribution in [-0.4, -0.2) is 54.0 Å². The van der Waals surface area contributed by atoms with Crippen molar-refractivity contribution < 1.29 is 17.9 Å². The Hall–Kier alpha value is -2.43. The highest BCUT2D eigenvalue weighted by Crippen LogP contribution is 2.19. The number of ether oxygens (including phenoxy) is 1. The first-order chi connectivity index (χ1) is 14.8. The zero-order valence-corrected chi connectivity index (χ0v) is 19.3. The van der Waals surface area contributed by atoms with Gasteiger partial charge in [0.05, 0.1) is 28.2 Å². The molecule has 0 bridgehead atoms. The SMILES string of the molecule is CCOC(=O)[C@H](CCSC)NS(=O)(=O)c1ccc(Cc2nccc3nc(C)[nH]c23)cc1. The van der Waals surface area contributed by atoms with Crippen molar-refractivity contribution in [2.45, 2.75) is 37.6 Å². The van der Waals surface area contributed by atoms with Crippen molar-refractivity contribution in [2.75, 3.05) is 18.6 Å². The van der Waals surface area contributed by atoms with E-state index in [0.717, 1.165) is 28.1 Å². The number of pyridine rings is 1. The third-order valence-corrected chi connectivity index (χ3v) is 6.82. The zero-order valence-electron chi connectivity index (χ0n) is 17.7. The standard InChI is InChI=1S/C21H26N4O4S2/c1-4-29-21(26)18(10-12-30-3)25-31(27,28)16-7-5-15(6-8-16)13-19-20-17(9-11-22-19)23-14(2)24-20/h5-9,11,18,25H,4,10,12-13H2,1-3H3,(H,23,24)/t18-/m0/s1. The number of hydrogen-bond donors (Lipinski definition) is 2. The molecule has 2 heterocycles. The first kappa shape index (κ1) is 23.2. The molecule has 0 amide bonds. The minimum absolute atomic E-state index is 0.0956. The molecule has 0 radical (unpaired) electrons. The molecule has 0 fully saturated rings. The molecule has 10 heteroatoms. The van der Waals surface area contributed by atoms with E-state index in [1.807, 2.05) is 19.2 Å². The third-order valence-electron chi connectivity index (χ3n) is 4.69. The summed E-state index contributed by atoms with van der Waals surface area (Å²) in [5, 5.41) is 0. The number of nitrogens with one attached hydrogen (secondary N) is 2. The quantitative estimate of drug-likeness (QED) is 0.445. The minimum Gasteiger partial charge on any atom is -0.465 e. The number of aromatic nitrogens is 3. The van der Waals surface area contributed by atoms with Crippen LogP contribution in [0.1, 0.15) is 30.4 Å². The topological polar surface area (TPSA) is 114 Å². The van der Waals surface area contributed by atoms with E-state index in [4.69, 9.17) is 4.74 Å². The Bertz CT molecular complexity index is 1140. The number of esters is 1. The lowest BCUT2D eigenvalue weighted by atomic mass is 10.1. The van der Waals surface area contributed by atoms with E-state index < -0.39 is 22.0 Å². The molecule has 1 aromatic carbocycles. The first-order valence-corrected chi connectivity index (χ1v) is 12.8. The number of rotatable bonds is 10. The minimum atomic E-state index is -3.87. The summed E-state index contributed by atoms with van der Waals surface area (Å²) in [4.78, 5) is 24.3. The molecule has 2 aromatic heterocycles. The third kappa shape index (κ3) is 5.84. The van der Waals surface area contributed by atoms with E-state index in [-0.39, 0.29) is 11.5 Å². The molecule has 3 rings (SSSR count). The van der Waals surface area contributed by atoms with Crippen molar-refractivity contribution in [1.29, 1.82) is 0 Å². The Morgan fingerprint density at radius 2 is 2.00 bits per heavy atom. The highest BCUT2D eigenvalue weighted by Gasteiger charge is 2.26. The molecule has 166 valence electrons. The summed E-state index contributed by atoms with van der Waals surface area (Å²) >= 11 is 1.54.